The van der Waals surface area contributed by atoms with Crippen LogP contribution >= 0.6 is 0 Å². The minimum atomic E-state index is -1.07. The van der Waals surface area contributed by atoms with Gasteiger partial charge < -0.3 is 10.3 Å². The van der Waals surface area contributed by atoms with E-state index in [1.165, 1.54) is 7.05 Å². The lowest BCUT2D eigenvalue weighted by molar-refractivity contribution is -0.163. The van der Waals surface area contributed by atoms with Crippen LogP contribution in [-0.4, -0.2) is 28.4 Å². The number of hydroxylamine groups is 2. The molecule has 1 aromatic rings. The summed E-state index contributed by atoms with van der Waals surface area (Å²) in [6.07, 6.45) is 0. The molecule has 13 heavy (non-hydrogen) atoms. The number of hydrogen-bond donors (Lipinski definition) is 2. The molecule has 0 amide bonds. The molecule has 0 aliphatic carbocycles. The van der Waals surface area contributed by atoms with Crippen LogP contribution in [0.1, 0.15) is 11.6 Å². The quantitative estimate of drug-likeness (QED) is 0.686. The van der Waals surface area contributed by atoms with E-state index in [9.17, 15) is 4.79 Å². The molecule has 0 bridgehead atoms. The summed E-state index contributed by atoms with van der Waals surface area (Å²) >= 11 is 0. The summed E-state index contributed by atoms with van der Waals surface area (Å²) in [5, 5.41) is 18.6. The third kappa shape index (κ3) is 2.27. The van der Waals surface area contributed by atoms with Gasteiger partial charge in [0.1, 0.15) is 0 Å². The van der Waals surface area contributed by atoms with Crippen molar-refractivity contribution >= 4 is 5.97 Å². The van der Waals surface area contributed by atoms with Gasteiger partial charge in [-0.1, -0.05) is 30.3 Å². The summed E-state index contributed by atoms with van der Waals surface area (Å²) < 4.78 is 0. The Morgan fingerprint density at radius 2 is 1.92 bits per heavy atom. The van der Waals surface area contributed by atoms with Crippen LogP contribution in [0.3, 0.4) is 0 Å². The number of carbonyl (C=O) groups is 1. The Kier molecular flexibility index (Phi) is 3.00. The molecule has 4 heteroatoms. The maximum atomic E-state index is 10.7. The first kappa shape index (κ1) is 9.70. The first-order chi connectivity index (χ1) is 6.13. The molecule has 0 saturated heterocycles. The standard InChI is InChI=1S/C9H11NO3/c1-10(13)8(9(11)12)7-5-3-2-4-6-7/h2-6,8,13H,1H3,(H,11,12). The molecule has 1 rings (SSSR count). The van der Waals surface area contributed by atoms with Crippen LogP contribution in [0.4, 0.5) is 0 Å². The molecule has 1 unspecified atom stereocenters. The van der Waals surface area contributed by atoms with Crippen molar-refractivity contribution in [3.8, 4) is 0 Å². The average Bonchev–Trinajstić information content (AvgIpc) is 2.04. The van der Waals surface area contributed by atoms with Crippen LogP contribution < -0.4 is 0 Å². The lowest BCUT2D eigenvalue weighted by atomic mass is 10.1. The van der Waals surface area contributed by atoms with Crippen LogP contribution in [0, 0.1) is 0 Å². The van der Waals surface area contributed by atoms with Gasteiger partial charge >= 0.3 is 5.97 Å². The van der Waals surface area contributed by atoms with Gasteiger partial charge in [-0.05, 0) is 5.56 Å². The number of likely N-dealkylation sites (N-methyl/N-ethyl adjacent to an activating group) is 1. The molecule has 1 atom stereocenters. The van der Waals surface area contributed by atoms with Gasteiger partial charge in [0, 0.05) is 7.05 Å². The molecule has 0 heterocycles. The van der Waals surface area contributed by atoms with Crippen LogP contribution in [0.25, 0.3) is 0 Å². The van der Waals surface area contributed by atoms with E-state index >= 15 is 0 Å². The SMILES string of the molecule is CN(O)C(C(=O)O)c1ccccc1. The van der Waals surface area contributed by atoms with Gasteiger partial charge in [0.2, 0.25) is 0 Å². The third-order valence-electron chi connectivity index (χ3n) is 1.72. The molecule has 0 fully saturated rings. The molecule has 1 aromatic carbocycles. The van der Waals surface area contributed by atoms with E-state index in [2.05, 4.69) is 0 Å². The number of rotatable bonds is 3. The van der Waals surface area contributed by atoms with Gasteiger partial charge in [-0.25, -0.2) is 0 Å². The monoisotopic (exact) mass is 181 g/mol. The van der Waals surface area contributed by atoms with Gasteiger partial charge in [-0.15, -0.1) is 0 Å². The second-order valence-corrected chi connectivity index (χ2v) is 2.73. The number of hydrogen-bond acceptors (Lipinski definition) is 3. The third-order valence-corrected chi connectivity index (χ3v) is 1.72. The van der Waals surface area contributed by atoms with E-state index in [1.54, 1.807) is 30.3 Å². The molecular weight excluding hydrogens is 170 g/mol. The zero-order valence-corrected chi connectivity index (χ0v) is 7.21. The highest BCUT2D eigenvalue weighted by atomic mass is 16.5. The molecule has 70 valence electrons. The summed E-state index contributed by atoms with van der Waals surface area (Å²) in [4.78, 5) is 10.7. The predicted molar refractivity (Wildman–Crippen MR) is 46.4 cm³/mol. The summed E-state index contributed by atoms with van der Waals surface area (Å²) in [5.41, 5.74) is 0.556. The molecule has 0 aromatic heterocycles. The fraction of sp³-hybridized carbons (Fsp3) is 0.222. The fourth-order valence-electron chi connectivity index (χ4n) is 1.15. The summed E-state index contributed by atoms with van der Waals surface area (Å²) in [6.45, 7) is 0. The van der Waals surface area contributed by atoms with E-state index in [0.29, 0.717) is 10.6 Å². The Morgan fingerprint density at radius 1 is 1.38 bits per heavy atom. The normalized spacial score (nSPS) is 12.8. The molecule has 0 aliphatic rings. The minimum Gasteiger partial charge on any atom is -0.480 e. The van der Waals surface area contributed by atoms with Gasteiger partial charge in [-0.2, -0.15) is 5.06 Å². The van der Waals surface area contributed by atoms with Crippen molar-refractivity contribution in [2.45, 2.75) is 6.04 Å². The number of nitrogens with zero attached hydrogens (tertiary/aromatic N) is 1. The van der Waals surface area contributed by atoms with Crippen molar-refractivity contribution in [1.29, 1.82) is 0 Å². The average molecular weight is 181 g/mol. The molecule has 0 spiro atoms. The van der Waals surface area contributed by atoms with Crippen LogP contribution in [0.5, 0.6) is 0 Å². The molecular formula is C9H11NO3. The second-order valence-electron chi connectivity index (χ2n) is 2.73. The number of carboxylic acid groups (broad SMARTS) is 1. The minimum absolute atomic E-state index is 0.556. The lowest BCUT2D eigenvalue weighted by Crippen LogP contribution is -2.27. The first-order valence-corrected chi connectivity index (χ1v) is 3.82. The fourth-order valence-corrected chi connectivity index (χ4v) is 1.15. The molecule has 0 saturated carbocycles. The zero-order chi connectivity index (χ0) is 9.84. The topological polar surface area (TPSA) is 60.8 Å². The van der Waals surface area contributed by atoms with E-state index < -0.39 is 12.0 Å². The van der Waals surface area contributed by atoms with E-state index in [0.717, 1.165) is 0 Å². The van der Waals surface area contributed by atoms with Crippen molar-refractivity contribution in [1.82, 2.24) is 5.06 Å². The number of carboxylic acids is 1. The molecule has 0 aliphatic heterocycles. The Balaban J connectivity index is 2.96. The predicted octanol–water partition coefficient (Wildman–Crippen LogP) is 1.13. The van der Waals surface area contributed by atoms with Gasteiger partial charge in [0.15, 0.2) is 6.04 Å². The summed E-state index contributed by atoms with van der Waals surface area (Å²) in [5.74, 6) is -1.07. The second kappa shape index (κ2) is 4.02. The highest BCUT2D eigenvalue weighted by Crippen LogP contribution is 2.17. The molecule has 4 nitrogen and oxygen atoms in total. The van der Waals surface area contributed by atoms with E-state index in [1.807, 2.05) is 0 Å². The summed E-state index contributed by atoms with van der Waals surface area (Å²) in [7, 11) is 1.31. The highest BCUT2D eigenvalue weighted by molar-refractivity contribution is 5.75. The van der Waals surface area contributed by atoms with Crippen LogP contribution in [0.2, 0.25) is 0 Å². The Labute approximate surface area is 76.0 Å². The van der Waals surface area contributed by atoms with E-state index in [4.69, 9.17) is 10.3 Å². The van der Waals surface area contributed by atoms with Gasteiger partial charge in [-0.3, -0.25) is 4.79 Å². The van der Waals surface area contributed by atoms with Crippen molar-refractivity contribution in [2.75, 3.05) is 7.05 Å². The van der Waals surface area contributed by atoms with Crippen molar-refractivity contribution in [3.05, 3.63) is 35.9 Å². The number of benzene rings is 1. The van der Waals surface area contributed by atoms with E-state index in [-0.39, 0.29) is 0 Å². The zero-order valence-electron chi connectivity index (χ0n) is 7.21. The van der Waals surface area contributed by atoms with Gasteiger partial charge in [0.25, 0.3) is 0 Å². The Bertz CT molecular complexity index is 284. The first-order valence-electron chi connectivity index (χ1n) is 3.82. The molecule has 0 radical (unpaired) electrons. The van der Waals surface area contributed by atoms with Crippen LogP contribution in [-0.2, 0) is 4.79 Å². The molecule has 2 N–H and O–H groups in total. The Hall–Kier alpha value is -1.39. The lowest BCUT2D eigenvalue weighted by Gasteiger charge is -2.17. The van der Waals surface area contributed by atoms with Gasteiger partial charge in [0.05, 0.1) is 0 Å². The van der Waals surface area contributed by atoms with Crippen molar-refractivity contribution in [3.63, 3.8) is 0 Å². The maximum Gasteiger partial charge on any atom is 0.327 e. The van der Waals surface area contributed by atoms with Crippen molar-refractivity contribution < 1.29 is 15.1 Å². The van der Waals surface area contributed by atoms with Crippen LogP contribution in [0.15, 0.2) is 30.3 Å². The number of aliphatic carboxylic acids is 1. The highest BCUT2D eigenvalue weighted by Gasteiger charge is 2.22. The smallest absolute Gasteiger partial charge is 0.327 e. The van der Waals surface area contributed by atoms with Crippen molar-refractivity contribution in [2.24, 2.45) is 0 Å². The maximum absolute atomic E-state index is 10.7. The Morgan fingerprint density at radius 3 is 2.31 bits per heavy atom. The summed E-state index contributed by atoms with van der Waals surface area (Å²) in [6, 6.07) is 7.57. The largest absolute Gasteiger partial charge is 0.480 e.